The first-order valence-corrected chi connectivity index (χ1v) is 12.8. The van der Waals surface area contributed by atoms with Crippen LogP contribution in [-0.4, -0.2) is 78.7 Å². The summed E-state index contributed by atoms with van der Waals surface area (Å²) in [5, 5.41) is 0. The first kappa shape index (κ1) is 35.3. The number of ether oxygens (including phenoxy) is 8. The lowest BCUT2D eigenvalue weighted by Gasteiger charge is -2.15. The van der Waals surface area contributed by atoms with E-state index in [2.05, 4.69) is 26.3 Å². The Morgan fingerprint density at radius 2 is 0.705 bits per heavy atom. The highest BCUT2D eigenvalue weighted by Gasteiger charge is 2.21. The third-order valence-electron chi connectivity index (χ3n) is 5.46. The SMILES string of the molecule is C=C(COC)C(=O)Oc1ccc(-c2ccc(OC(=O)C(=C)COC)c(OC(=O)C(=C)COC)c2)cc1OC(=O)C(=C)COC. The molecule has 0 saturated heterocycles. The zero-order chi connectivity index (χ0) is 32.8. The molecule has 0 N–H and O–H groups in total. The summed E-state index contributed by atoms with van der Waals surface area (Å²) < 4.78 is 41.5. The maximum Gasteiger partial charge on any atom is 0.341 e. The first-order chi connectivity index (χ1) is 20.9. The van der Waals surface area contributed by atoms with Crippen molar-refractivity contribution in [1.82, 2.24) is 0 Å². The standard InChI is InChI=1S/C32H34O12/c1-19(15-37-5)29(33)41-25-11-9-23(13-27(25)43-31(35)21(3)17-39-7)24-10-12-26(42-30(34)20(2)16-38-6)28(14-24)44-32(36)22(4)18-40-8/h9-14H,1-4,15-18H2,5-8H3. The van der Waals surface area contributed by atoms with Crippen LogP contribution in [0.4, 0.5) is 0 Å². The van der Waals surface area contributed by atoms with Crippen molar-refractivity contribution < 1.29 is 57.1 Å². The van der Waals surface area contributed by atoms with E-state index in [4.69, 9.17) is 37.9 Å². The molecule has 12 nitrogen and oxygen atoms in total. The zero-order valence-corrected chi connectivity index (χ0v) is 25.0. The van der Waals surface area contributed by atoms with Gasteiger partial charge in [0.1, 0.15) is 0 Å². The largest absolute Gasteiger partial charge is 0.419 e. The van der Waals surface area contributed by atoms with E-state index in [9.17, 15) is 19.2 Å². The maximum atomic E-state index is 12.6. The van der Waals surface area contributed by atoms with Crippen LogP contribution < -0.4 is 18.9 Å². The van der Waals surface area contributed by atoms with Crippen LogP contribution in [0.1, 0.15) is 0 Å². The van der Waals surface area contributed by atoms with E-state index in [1.807, 2.05) is 0 Å². The molecule has 44 heavy (non-hydrogen) atoms. The zero-order valence-electron chi connectivity index (χ0n) is 25.0. The van der Waals surface area contributed by atoms with Crippen molar-refractivity contribution in [2.75, 3.05) is 54.9 Å². The van der Waals surface area contributed by atoms with Crippen LogP contribution in [0.2, 0.25) is 0 Å². The van der Waals surface area contributed by atoms with Gasteiger partial charge in [-0.3, -0.25) is 0 Å². The summed E-state index contributed by atoms with van der Waals surface area (Å²) in [7, 11) is 5.56. The number of carbonyl (C=O) groups excluding carboxylic acids is 4. The Morgan fingerprint density at radius 3 is 0.955 bits per heavy atom. The van der Waals surface area contributed by atoms with Crippen LogP contribution in [0.5, 0.6) is 23.0 Å². The van der Waals surface area contributed by atoms with Crippen LogP contribution in [0.25, 0.3) is 11.1 Å². The highest BCUT2D eigenvalue weighted by molar-refractivity contribution is 5.93. The molecule has 0 aliphatic rings. The number of benzene rings is 2. The lowest BCUT2D eigenvalue weighted by atomic mass is 10.0. The molecule has 0 spiro atoms. The van der Waals surface area contributed by atoms with E-state index in [1.54, 1.807) is 12.1 Å². The summed E-state index contributed by atoms with van der Waals surface area (Å²) in [4.78, 5) is 50.3. The summed E-state index contributed by atoms with van der Waals surface area (Å²) >= 11 is 0. The van der Waals surface area contributed by atoms with E-state index >= 15 is 0 Å². The number of esters is 4. The van der Waals surface area contributed by atoms with Crippen LogP contribution in [0.15, 0.2) is 85.0 Å². The molecule has 0 radical (unpaired) electrons. The summed E-state index contributed by atoms with van der Waals surface area (Å²) in [6, 6.07) is 8.72. The molecule has 0 unspecified atom stereocenters. The molecule has 0 amide bonds. The lowest BCUT2D eigenvalue weighted by Crippen LogP contribution is -2.17. The normalized spacial score (nSPS) is 10.4. The summed E-state index contributed by atoms with van der Waals surface area (Å²) in [5.74, 6) is -3.75. The molecule has 0 aliphatic heterocycles. The lowest BCUT2D eigenvalue weighted by molar-refractivity contribution is -0.133. The fraction of sp³-hybridized carbons (Fsp3) is 0.250. The topological polar surface area (TPSA) is 142 Å². The number of carbonyl (C=O) groups is 4. The van der Waals surface area contributed by atoms with Crippen molar-refractivity contribution in [3.05, 3.63) is 85.0 Å². The minimum Gasteiger partial charge on any atom is -0.419 e. The number of methoxy groups -OCH3 is 4. The van der Waals surface area contributed by atoms with Gasteiger partial charge >= 0.3 is 23.9 Å². The van der Waals surface area contributed by atoms with E-state index in [-0.39, 0.29) is 71.7 Å². The molecular formula is C32H34O12. The van der Waals surface area contributed by atoms with Gasteiger partial charge in [0.2, 0.25) is 0 Å². The first-order valence-electron chi connectivity index (χ1n) is 12.8. The Kier molecular flexibility index (Phi) is 13.9. The van der Waals surface area contributed by atoms with E-state index in [0.29, 0.717) is 11.1 Å². The summed E-state index contributed by atoms with van der Waals surface area (Å²) in [5.41, 5.74) is 0.914. The summed E-state index contributed by atoms with van der Waals surface area (Å²) in [6.07, 6.45) is 0. The highest BCUT2D eigenvalue weighted by atomic mass is 16.6. The van der Waals surface area contributed by atoms with E-state index < -0.39 is 23.9 Å². The van der Waals surface area contributed by atoms with Crippen molar-refractivity contribution in [2.45, 2.75) is 0 Å². The third kappa shape index (κ3) is 10.1. The summed E-state index contributed by atoms with van der Waals surface area (Å²) in [6.45, 7) is 14.1. The van der Waals surface area contributed by atoms with E-state index in [1.165, 1.54) is 52.7 Å². The van der Waals surface area contributed by atoms with Crippen LogP contribution in [0, 0.1) is 0 Å². The van der Waals surface area contributed by atoms with Gasteiger partial charge in [-0.25, -0.2) is 19.2 Å². The smallest absolute Gasteiger partial charge is 0.341 e. The third-order valence-corrected chi connectivity index (χ3v) is 5.46. The molecule has 2 aromatic rings. The van der Waals surface area contributed by atoms with Crippen LogP contribution >= 0.6 is 0 Å². The van der Waals surface area contributed by atoms with Gasteiger partial charge in [0.05, 0.1) is 48.7 Å². The van der Waals surface area contributed by atoms with Gasteiger partial charge in [0.25, 0.3) is 0 Å². The predicted molar refractivity (Wildman–Crippen MR) is 158 cm³/mol. The van der Waals surface area contributed by atoms with Gasteiger partial charge in [-0.15, -0.1) is 0 Å². The van der Waals surface area contributed by atoms with E-state index in [0.717, 1.165) is 0 Å². The fourth-order valence-electron chi connectivity index (χ4n) is 3.32. The second-order valence-electron chi connectivity index (χ2n) is 9.03. The van der Waals surface area contributed by atoms with Gasteiger partial charge in [-0.1, -0.05) is 38.4 Å². The minimum atomic E-state index is -0.832. The van der Waals surface area contributed by atoms with Gasteiger partial charge < -0.3 is 37.9 Å². The molecular weight excluding hydrogens is 576 g/mol. The fourth-order valence-corrected chi connectivity index (χ4v) is 3.32. The molecule has 0 saturated carbocycles. The van der Waals surface area contributed by atoms with Crippen molar-refractivity contribution >= 4 is 23.9 Å². The van der Waals surface area contributed by atoms with Crippen molar-refractivity contribution in [3.8, 4) is 34.1 Å². The average Bonchev–Trinajstić information content (AvgIpc) is 2.99. The Hall–Kier alpha value is -4.88. The Bertz CT molecular complexity index is 1340. The Balaban J connectivity index is 2.57. The minimum absolute atomic E-state index is 0.00527. The van der Waals surface area contributed by atoms with Crippen LogP contribution in [0.3, 0.4) is 0 Å². The molecule has 2 rings (SSSR count). The van der Waals surface area contributed by atoms with Crippen LogP contribution in [-0.2, 0) is 38.1 Å². The molecule has 0 atom stereocenters. The second-order valence-corrected chi connectivity index (χ2v) is 9.03. The van der Waals surface area contributed by atoms with Crippen molar-refractivity contribution in [1.29, 1.82) is 0 Å². The molecule has 0 fully saturated rings. The van der Waals surface area contributed by atoms with Gasteiger partial charge in [0.15, 0.2) is 23.0 Å². The average molecular weight is 611 g/mol. The Labute approximate surface area is 255 Å². The molecule has 12 heteroatoms. The quantitative estimate of drug-likeness (QED) is 0.146. The number of rotatable bonds is 17. The Morgan fingerprint density at radius 1 is 0.455 bits per heavy atom. The monoisotopic (exact) mass is 610 g/mol. The van der Waals surface area contributed by atoms with Crippen molar-refractivity contribution in [2.24, 2.45) is 0 Å². The number of hydrogen-bond donors (Lipinski definition) is 0. The molecule has 0 bridgehead atoms. The molecule has 2 aromatic carbocycles. The second kappa shape index (κ2) is 17.3. The highest BCUT2D eigenvalue weighted by Crippen LogP contribution is 2.38. The molecule has 0 heterocycles. The van der Waals surface area contributed by atoms with Gasteiger partial charge in [-0.2, -0.15) is 0 Å². The van der Waals surface area contributed by atoms with Crippen molar-refractivity contribution in [3.63, 3.8) is 0 Å². The predicted octanol–water partition coefficient (Wildman–Crippen LogP) is 3.79. The molecule has 234 valence electrons. The number of hydrogen-bond acceptors (Lipinski definition) is 12. The van der Waals surface area contributed by atoms with Gasteiger partial charge in [0, 0.05) is 28.4 Å². The molecule has 0 aliphatic carbocycles. The maximum absolute atomic E-state index is 12.6. The van der Waals surface area contributed by atoms with Gasteiger partial charge in [-0.05, 0) is 35.4 Å². The molecule has 0 aromatic heterocycles.